The molecule has 3 aromatic carbocycles. The predicted octanol–water partition coefficient (Wildman–Crippen LogP) is 5.37. The van der Waals surface area contributed by atoms with Gasteiger partial charge < -0.3 is 15.0 Å². The molecule has 224 valence electrons. The lowest BCUT2D eigenvalue weighted by Gasteiger charge is -2.33. The van der Waals surface area contributed by atoms with Crippen LogP contribution >= 0.6 is 0 Å². The lowest BCUT2D eigenvalue weighted by molar-refractivity contribution is -0.139. The van der Waals surface area contributed by atoms with E-state index >= 15 is 0 Å². The highest BCUT2D eigenvalue weighted by molar-refractivity contribution is 7.92. The summed E-state index contributed by atoms with van der Waals surface area (Å²) < 4.78 is 34.5. The molecule has 1 aliphatic rings. The van der Waals surface area contributed by atoms with E-state index < -0.39 is 28.5 Å². The van der Waals surface area contributed by atoms with Crippen LogP contribution in [0, 0.1) is 13.8 Å². The zero-order valence-corrected chi connectivity index (χ0v) is 25.7. The first kappa shape index (κ1) is 31.1. The third kappa shape index (κ3) is 7.50. The maximum atomic E-state index is 14.2. The fraction of sp³-hybridized carbons (Fsp3) is 0.394. The van der Waals surface area contributed by atoms with E-state index in [-0.39, 0.29) is 23.4 Å². The summed E-state index contributed by atoms with van der Waals surface area (Å²) in [4.78, 5) is 29.2. The van der Waals surface area contributed by atoms with Gasteiger partial charge in [-0.05, 0) is 75.1 Å². The van der Waals surface area contributed by atoms with Crippen molar-refractivity contribution in [1.29, 1.82) is 0 Å². The van der Waals surface area contributed by atoms with Crippen molar-refractivity contribution in [2.24, 2.45) is 0 Å². The fourth-order valence-electron chi connectivity index (χ4n) is 5.44. The van der Waals surface area contributed by atoms with Gasteiger partial charge in [-0.3, -0.25) is 13.9 Å². The van der Waals surface area contributed by atoms with Crippen molar-refractivity contribution < 1.29 is 22.7 Å². The molecule has 42 heavy (non-hydrogen) atoms. The summed E-state index contributed by atoms with van der Waals surface area (Å²) in [6.07, 6.45) is 5.12. The van der Waals surface area contributed by atoms with Crippen LogP contribution in [-0.2, 0) is 26.2 Å². The van der Waals surface area contributed by atoms with Gasteiger partial charge in [0.25, 0.3) is 10.0 Å². The number of nitrogens with zero attached hydrogens (tertiary/aromatic N) is 2. The van der Waals surface area contributed by atoms with Gasteiger partial charge in [0.15, 0.2) is 0 Å². The van der Waals surface area contributed by atoms with E-state index in [0.717, 1.165) is 53.1 Å². The lowest BCUT2D eigenvalue weighted by Crippen LogP contribution is -2.53. The van der Waals surface area contributed by atoms with E-state index in [1.807, 2.05) is 50.2 Å². The number of rotatable bonds is 11. The maximum Gasteiger partial charge on any atom is 0.264 e. The first-order valence-electron chi connectivity index (χ1n) is 14.5. The largest absolute Gasteiger partial charge is 0.497 e. The van der Waals surface area contributed by atoms with Crippen LogP contribution in [-0.4, -0.2) is 50.9 Å². The molecule has 0 aliphatic heterocycles. The van der Waals surface area contributed by atoms with Crippen molar-refractivity contribution in [2.45, 2.75) is 76.4 Å². The monoisotopic (exact) mass is 591 g/mol. The predicted molar refractivity (Wildman–Crippen MR) is 165 cm³/mol. The van der Waals surface area contributed by atoms with Gasteiger partial charge in [0, 0.05) is 12.6 Å². The third-order valence-electron chi connectivity index (χ3n) is 7.84. The van der Waals surface area contributed by atoms with Crippen molar-refractivity contribution in [2.75, 3.05) is 18.0 Å². The number of anilines is 1. The van der Waals surface area contributed by atoms with Crippen LogP contribution < -0.4 is 14.4 Å². The Labute approximate surface area is 249 Å². The van der Waals surface area contributed by atoms with Gasteiger partial charge in [-0.2, -0.15) is 0 Å². The second-order valence-corrected chi connectivity index (χ2v) is 12.9. The molecule has 1 N–H and O–H groups in total. The highest BCUT2D eigenvalue weighted by Crippen LogP contribution is 2.28. The topological polar surface area (TPSA) is 96.0 Å². The minimum atomic E-state index is -4.10. The quantitative estimate of drug-likeness (QED) is 0.323. The molecule has 0 spiro atoms. The van der Waals surface area contributed by atoms with Crippen molar-refractivity contribution in [3.05, 3.63) is 89.5 Å². The molecule has 8 nitrogen and oxygen atoms in total. The van der Waals surface area contributed by atoms with Gasteiger partial charge in [0.2, 0.25) is 11.8 Å². The summed E-state index contributed by atoms with van der Waals surface area (Å²) in [5.41, 5.74) is 2.89. The number of hydrogen-bond donors (Lipinski definition) is 1. The number of amides is 2. The molecular formula is C33H41N3O5S. The number of hydrogen-bond acceptors (Lipinski definition) is 5. The van der Waals surface area contributed by atoms with E-state index in [0.29, 0.717) is 11.4 Å². The van der Waals surface area contributed by atoms with E-state index in [4.69, 9.17) is 4.74 Å². The van der Waals surface area contributed by atoms with Gasteiger partial charge in [0.1, 0.15) is 18.3 Å². The molecule has 1 saturated carbocycles. The van der Waals surface area contributed by atoms with E-state index in [1.165, 1.54) is 17.0 Å². The van der Waals surface area contributed by atoms with Crippen LogP contribution in [0.2, 0.25) is 0 Å². The van der Waals surface area contributed by atoms with Crippen LogP contribution in [0.25, 0.3) is 0 Å². The molecule has 1 aliphatic carbocycles. The molecule has 4 rings (SSSR count). The molecular weight excluding hydrogens is 550 g/mol. The van der Waals surface area contributed by atoms with Crippen LogP contribution in [0.1, 0.15) is 55.7 Å². The lowest BCUT2D eigenvalue weighted by atomic mass is 9.95. The normalized spacial score (nSPS) is 14.6. The first-order chi connectivity index (χ1) is 20.1. The summed E-state index contributed by atoms with van der Waals surface area (Å²) in [7, 11) is -2.54. The average Bonchev–Trinajstić information content (AvgIpc) is 2.99. The number of benzene rings is 3. The molecule has 0 aromatic heterocycles. The van der Waals surface area contributed by atoms with Gasteiger partial charge in [-0.25, -0.2) is 8.42 Å². The number of carbonyl (C=O) groups excluding carboxylic acids is 2. The Kier molecular flexibility index (Phi) is 10.3. The summed E-state index contributed by atoms with van der Waals surface area (Å²) in [5.74, 6) is -0.103. The minimum absolute atomic E-state index is 0.0765. The summed E-state index contributed by atoms with van der Waals surface area (Å²) in [6, 6.07) is 20.1. The Morgan fingerprint density at radius 1 is 0.952 bits per heavy atom. The van der Waals surface area contributed by atoms with Crippen LogP contribution in [0.15, 0.2) is 77.7 Å². The maximum absolute atomic E-state index is 14.2. The highest BCUT2D eigenvalue weighted by Gasteiger charge is 2.33. The second kappa shape index (κ2) is 13.9. The van der Waals surface area contributed by atoms with Crippen molar-refractivity contribution in [3.8, 4) is 5.75 Å². The van der Waals surface area contributed by atoms with Gasteiger partial charge in [-0.15, -0.1) is 0 Å². The first-order valence-corrected chi connectivity index (χ1v) is 15.9. The number of aryl methyl sites for hydroxylation is 2. The zero-order valence-electron chi connectivity index (χ0n) is 24.9. The van der Waals surface area contributed by atoms with Crippen molar-refractivity contribution in [1.82, 2.24) is 10.2 Å². The standard InChI is InChI=1S/C33H41N3O5S/c1-24-18-19-31(25(2)20-24)36(42(39,40)30-16-9-6-10-17-30)23-32(37)35(22-27-12-11-15-29(21-27)41-4)26(3)33(38)34-28-13-7-5-8-14-28/h6,9-12,15-21,26,28H,5,7-8,13-14,22-23H2,1-4H3,(H,34,38)/t26-/m0/s1. The van der Waals surface area contributed by atoms with E-state index in [1.54, 1.807) is 38.3 Å². The third-order valence-corrected chi connectivity index (χ3v) is 9.61. The van der Waals surface area contributed by atoms with Crippen molar-refractivity contribution in [3.63, 3.8) is 0 Å². The molecule has 0 bridgehead atoms. The van der Waals surface area contributed by atoms with Crippen LogP contribution in [0.4, 0.5) is 5.69 Å². The molecule has 1 fully saturated rings. The molecule has 9 heteroatoms. The minimum Gasteiger partial charge on any atom is -0.497 e. The number of carbonyl (C=O) groups is 2. The Hall–Kier alpha value is -3.85. The zero-order chi connectivity index (χ0) is 30.3. The SMILES string of the molecule is COc1cccc(CN(C(=O)CN(c2ccc(C)cc2C)S(=O)(=O)c2ccccc2)[C@@H](C)C(=O)NC2CCCCC2)c1. The van der Waals surface area contributed by atoms with Crippen molar-refractivity contribution >= 4 is 27.5 Å². The number of sulfonamides is 1. The van der Waals surface area contributed by atoms with E-state index in [2.05, 4.69) is 5.32 Å². The molecule has 3 aromatic rings. The molecule has 0 radical (unpaired) electrons. The van der Waals surface area contributed by atoms with Gasteiger partial charge in [0.05, 0.1) is 17.7 Å². The number of nitrogens with one attached hydrogen (secondary N) is 1. The molecule has 0 saturated heterocycles. The molecule has 0 unspecified atom stereocenters. The van der Waals surface area contributed by atoms with Gasteiger partial charge in [-0.1, -0.05) is 67.3 Å². The van der Waals surface area contributed by atoms with Gasteiger partial charge >= 0.3 is 0 Å². The van der Waals surface area contributed by atoms with E-state index in [9.17, 15) is 18.0 Å². The number of methoxy groups -OCH3 is 1. The molecule has 2 amide bonds. The average molecular weight is 592 g/mol. The Balaban J connectivity index is 1.70. The Morgan fingerprint density at radius 3 is 2.33 bits per heavy atom. The summed E-state index contributed by atoms with van der Waals surface area (Å²) >= 11 is 0. The molecule has 0 heterocycles. The Bertz CT molecular complexity index is 1490. The van der Waals surface area contributed by atoms with Crippen LogP contribution in [0.3, 0.4) is 0 Å². The Morgan fingerprint density at radius 2 is 1.67 bits per heavy atom. The smallest absolute Gasteiger partial charge is 0.264 e. The fourth-order valence-corrected chi connectivity index (χ4v) is 6.94. The summed E-state index contributed by atoms with van der Waals surface area (Å²) in [5, 5.41) is 3.13. The van der Waals surface area contributed by atoms with Crippen LogP contribution in [0.5, 0.6) is 5.75 Å². The second-order valence-electron chi connectivity index (χ2n) is 11.0. The highest BCUT2D eigenvalue weighted by atomic mass is 32.2. The summed E-state index contributed by atoms with van der Waals surface area (Å²) in [6.45, 7) is 5.10. The number of ether oxygens (including phenoxy) is 1. The molecule has 1 atom stereocenters.